The number of hydrogen-bond donors (Lipinski definition) is 1. The van der Waals surface area contributed by atoms with Crippen LogP contribution in [0.2, 0.25) is 0 Å². The van der Waals surface area contributed by atoms with Crippen molar-refractivity contribution in [2.45, 2.75) is 39.3 Å². The quantitative estimate of drug-likeness (QED) is 0.435. The molecule has 0 aliphatic carbocycles. The zero-order chi connectivity index (χ0) is 24.2. The van der Waals surface area contributed by atoms with Crippen molar-refractivity contribution < 1.29 is 14.4 Å². The van der Waals surface area contributed by atoms with Crippen LogP contribution in [0.4, 0.5) is 5.69 Å². The molecule has 3 aromatic rings. The third-order valence-electron chi connectivity index (χ3n) is 6.18. The number of benzene rings is 3. The lowest BCUT2D eigenvalue weighted by Gasteiger charge is -2.29. The van der Waals surface area contributed by atoms with E-state index in [9.17, 15) is 14.4 Å². The average Bonchev–Trinajstić information content (AvgIpc) is 3.10. The third kappa shape index (κ3) is 4.85. The highest BCUT2D eigenvalue weighted by Gasteiger charge is 2.30. The van der Waals surface area contributed by atoms with Crippen molar-refractivity contribution in [3.63, 3.8) is 0 Å². The van der Waals surface area contributed by atoms with Gasteiger partial charge >= 0.3 is 0 Å². The van der Waals surface area contributed by atoms with E-state index in [4.69, 9.17) is 0 Å². The summed E-state index contributed by atoms with van der Waals surface area (Å²) in [6.45, 7) is 4.90. The molecule has 0 spiro atoms. The number of carbonyl (C=O) groups excluding carboxylic acids is 3. The molecule has 3 aromatic carbocycles. The molecule has 0 fully saturated rings. The molecule has 1 heterocycles. The van der Waals surface area contributed by atoms with Crippen molar-refractivity contribution in [2.75, 3.05) is 18.0 Å². The first-order chi connectivity index (χ1) is 16.4. The van der Waals surface area contributed by atoms with E-state index in [-0.39, 0.29) is 24.1 Å². The van der Waals surface area contributed by atoms with Crippen LogP contribution in [0.25, 0.3) is 10.8 Å². The molecule has 7 heteroatoms. The summed E-state index contributed by atoms with van der Waals surface area (Å²) >= 11 is 3.47. The Bertz CT molecular complexity index is 1240. The Hall–Kier alpha value is -3.19. The zero-order valence-corrected chi connectivity index (χ0v) is 21.0. The van der Waals surface area contributed by atoms with Crippen molar-refractivity contribution in [2.24, 2.45) is 0 Å². The van der Waals surface area contributed by atoms with E-state index < -0.39 is 6.04 Å². The van der Waals surface area contributed by atoms with Crippen LogP contribution in [0.15, 0.2) is 65.1 Å². The summed E-state index contributed by atoms with van der Waals surface area (Å²) in [4.78, 5) is 42.2. The minimum Gasteiger partial charge on any atom is -0.355 e. The maximum atomic E-state index is 13.3. The molecule has 34 heavy (non-hydrogen) atoms. The van der Waals surface area contributed by atoms with E-state index in [1.165, 1.54) is 0 Å². The number of nitrogens with zero attached hydrogens (tertiary/aromatic N) is 2. The molecule has 4 rings (SSSR count). The molecule has 1 aliphatic rings. The van der Waals surface area contributed by atoms with Crippen LogP contribution in [0.3, 0.4) is 0 Å². The van der Waals surface area contributed by atoms with Crippen molar-refractivity contribution in [1.29, 1.82) is 0 Å². The lowest BCUT2D eigenvalue weighted by molar-refractivity contribution is -0.140. The molecule has 1 N–H and O–H groups in total. The average molecular weight is 522 g/mol. The zero-order valence-electron chi connectivity index (χ0n) is 19.4. The van der Waals surface area contributed by atoms with Crippen molar-refractivity contribution in [3.05, 3.63) is 76.3 Å². The van der Waals surface area contributed by atoms with Crippen LogP contribution in [0, 0.1) is 0 Å². The third-order valence-corrected chi connectivity index (χ3v) is 6.67. The monoisotopic (exact) mass is 521 g/mol. The minimum absolute atomic E-state index is 0.0269. The molecule has 0 bridgehead atoms. The molecular weight excluding hydrogens is 494 g/mol. The second-order valence-electron chi connectivity index (χ2n) is 8.46. The van der Waals surface area contributed by atoms with E-state index in [2.05, 4.69) is 21.2 Å². The number of nitrogens with one attached hydrogen (secondary N) is 1. The van der Waals surface area contributed by atoms with Gasteiger partial charge in [-0.05, 0) is 55.5 Å². The normalized spacial score (nSPS) is 13.3. The number of hydrogen-bond acceptors (Lipinski definition) is 3. The van der Waals surface area contributed by atoms with E-state index in [1.807, 2.05) is 67.6 Å². The lowest BCUT2D eigenvalue weighted by atomic mass is 10.1. The molecule has 0 aromatic heterocycles. The summed E-state index contributed by atoms with van der Waals surface area (Å²) in [5.41, 5.74) is 2.54. The molecule has 0 radical (unpaired) electrons. The van der Waals surface area contributed by atoms with E-state index in [0.29, 0.717) is 31.6 Å². The van der Waals surface area contributed by atoms with Crippen molar-refractivity contribution in [3.8, 4) is 0 Å². The number of halogens is 1. The number of carbonyl (C=O) groups is 3. The van der Waals surface area contributed by atoms with E-state index in [1.54, 1.807) is 16.7 Å². The Morgan fingerprint density at radius 3 is 2.56 bits per heavy atom. The number of rotatable bonds is 9. The second-order valence-corrected chi connectivity index (χ2v) is 9.38. The van der Waals surface area contributed by atoms with Crippen LogP contribution < -0.4 is 10.2 Å². The predicted octanol–water partition coefficient (Wildman–Crippen LogP) is 4.90. The predicted molar refractivity (Wildman–Crippen MR) is 138 cm³/mol. The van der Waals surface area contributed by atoms with Crippen LogP contribution in [0.5, 0.6) is 0 Å². The maximum absolute atomic E-state index is 13.3. The largest absolute Gasteiger partial charge is 0.355 e. The first kappa shape index (κ1) is 24.0. The van der Waals surface area contributed by atoms with E-state index in [0.717, 1.165) is 26.5 Å². The lowest BCUT2D eigenvalue weighted by Crippen LogP contribution is -2.47. The number of amides is 3. The first-order valence-corrected chi connectivity index (χ1v) is 12.3. The van der Waals surface area contributed by atoms with Crippen molar-refractivity contribution in [1.82, 2.24) is 10.2 Å². The number of likely N-dealkylation sites (N-methyl/N-ethyl adjacent to an activating group) is 1. The summed E-state index contributed by atoms with van der Waals surface area (Å²) < 4.78 is 0.921. The van der Waals surface area contributed by atoms with Gasteiger partial charge in [-0.2, -0.15) is 0 Å². The maximum Gasteiger partial charge on any atom is 0.258 e. The standard InChI is InChI=1S/C27H28BrN3O3/c1-3-29-26(33)18(2)31(17-19-8-4-11-21(28)16-19)24(32)14-7-15-30-23-13-6-10-20-9-5-12-22(25(20)23)27(30)34/h4-6,8-13,16,18H,3,7,14-15,17H2,1-2H3,(H,29,33)/t18-/m1/s1. The van der Waals surface area contributed by atoms with Crippen molar-refractivity contribution >= 4 is 50.1 Å². The van der Waals surface area contributed by atoms with Gasteiger partial charge in [0.1, 0.15) is 6.04 Å². The van der Waals surface area contributed by atoms with E-state index >= 15 is 0 Å². The highest BCUT2D eigenvalue weighted by atomic mass is 79.9. The second kappa shape index (κ2) is 10.4. The molecule has 0 unspecified atom stereocenters. The van der Waals surface area contributed by atoms with Gasteiger partial charge in [0.15, 0.2) is 0 Å². The van der Waals surface area contributed by atoms with Crippen LogP contribution in [-0.2, 0) is 16.1 Å². The Labute approximate surface area is 208 Å². The first-order valence-electron chi connectivity index (χ1n) is 11.6. The van der Waals surface area contributed by atoms with Gasteiger partial charge < -0.3 is 15.1 Å². The molecule has 176 valence electrons. The van der Waals surface area contributed by atoms with Gasteiger partial charge in [0.25, 0.3) is 5.91 Å². The van der Waals surface area contributed by atoms with Gasteiger partial charge in [-0.3, -0.25) is 14.4 Å². The Morgan fingerprint density at radius 1 is 1.09 bits per heavy atom. The van der Waals surface area contributed by atoms with Gasteiger partial charge in [-0.1, -0.05) is 52.3 Å². The topological polar surface area (TPSA) is 69.7 Å². The molecule has 1 atom stereocenters. The molecule has 0 saturated heterocycles. The van der Waals surface area contributed by atoms with Gasteiger partial charge in [-0.15, -0.1) is 0 Å². The molecule has 1 aliphatic heterocycles. The van der Waals surface area contributed by atoms with Gasteiger partial charge in [0.2, 0.25) is 11.8 Å². The van der Waals surface area contributed by atoms with Gasteiger partial charge in [-0.25, -0.2) is 0 Å². The Morgan fingerprint density at radius 2 is 1.82 bits per heavy atom. The minimum atomic E-state index is -0.599. The van der Waals surface area contributed by atoms with Gasteiger partial charge in [0.05, 0.1) is 5.69 Å². The Kier molecular flexibility index (Phi) is 7.32. The van der Waals surface area contributed by atoms with Crippen LogP contribution >= 0.6 is 15.9 Å². The summed E-state index contributed by atoms with van der Waals surface area (Å²) in [5.74, 6) is -0.315. The Balaban J connectivity index is 1.46. The molecule has 3 amide bonds. The smallest absolute Gasteiger partial charge is 0.258 e. The fraction of sp³-hybridized carbons (Fsp3) is 0.296. The van der Waals surface area contributed by atoms with Crippen LogP contribution in [-0.4, -0.2) is 41.8 Å². The molecular formula is C27H28BrN3O3. The number of anilines is 1. The summed E-state index contributed by atoms with van der Waals surface area (Å²) in [6, 6.07) is 18.8. The van der Waals surface area contributed by atoms with Crippen LogP contribution in [0.1, 0.15) is 42.6 Å². The molecule has 0 saturated carbocycles. The fourth-order valence-corrected chi connectivity index (χ4v) is 4.92. The SMILES string of the molecule is CCNC(=O)[C@@H](C)N(Cc1cccc(Br)c1)C(=O)CCCN1C(=O)c2cccc3cccc1c23. The molecule has 6 nitrogen and oxygen atoms in total. The summed E-state index contributed by atoms with van der Waals surface area (Å²) in [6.07, 6.45) is 0.750. The summed E-state index contributed by atoms with van der Waals surface area (Å²) in [5, 5.41) is 4.83. The highest BCUT2D eigenvalue weighted by Crippen LogP contribution is 2.37. The van der Waals surface area contributed by atoms with Gasteiger partial charge in [0, 0.05) is 41.5 Å². The fourth-order valence-electron chi connectivity index (χ4n) is 4.47. The highest BCUT2D eigenvalue weighted by molar-refractivity contribution is 9.10. The summed E-state index contributed by atoms with van der Waals surface area (Å²) in [7, 11) is 0.